The first kappa shape index (κ1) is 25.7. The highest BCUT2D eigenvalue weighted by Gasteiger charge is 2.17. The lowest BCUT2D eigenvalue weighted by atomic mass is 10.1. The molecule has 0 saturated carbocycles. The molecule has 3 N–H and O–H groups in total. The number of hydrogen-bond donors (Lipinski definition) is 3. The van der Waals surface area contributed by atoms with Crippen molar-refractivity contribution in [3.8, 4) is 23.0 Å². The third-order valence-electron chi connectivity index (χ3n) is 4.24. The van der Waals surface area contributed by atoms with Gasteiger partial charge in [-0.3, -0.25) is 25.8 Å². The summed E-state index contributed by atoms with van der Waals surface area (Å²) in [6, 6.07) is 9.58. The zero-order valence-electron chi connectivity index (χ0n) is 18.9. The SMILES string of the molecule is CCOCCOc1cccc(C(=O)NC(=S)NNC(=O)c2cc(OC)c(OC)c(OC)c2)c1. The maximum absolute atomic E-state index is 12.5. The Morgan fingerprint density at radius 1 is 0.879 bits per heavy atom. The first-order chi connectivity index (χ1) is 15.9. The second kappa shape index (κ2) is 13.1. The van der Waals surface area contributed by atoms with Gasteiger partial charge in [-0.15, -0.1) is 0 Å². The van der Waals surface area contributed by atoms with E-state index in [1.54, 1.807) is 24.3 Å². The third kappa shape index (κ3) is 7.51. The smallest absolute Gasteiger partial charge is 0.269 e. The summed E-state index contributed by atoms with van der Waals surface area (Å²) >= 11 is 5.09. The molecule has 33 heavy (non-hydrogen) atoms. The van der Waals surface area contributed by atoms with Crippen LogP contribution in [0, 0.1) is 0 Å². The minimum Gasteiger partial charge on any atom is -0.493 e. The van der Waals surface area contributed by atoms with Crippen LogP contribution in [0.2, 0.25) is 0 Å². The van der Waals surface area contributed by atoms with Gasteiger partial charge in [0.2, 0.25) is 5.75 Å². The summed E-state index contributed by atoms with van der Waals surface area (Å²) in [6.07, 6.45) is 0. The lowest BCUT2D eigenvalue weighted by molar-refractivity contribution is 0.0933. The summed E-state index contributed by atoms with van der Waals surface area (Å²) in [4.78, 5) is 25.0. The van der Waals surface area contributed by atoms with E-state index in [0.717, 1.165) is 0 Å². The average molecular weight is 478 g/mol. The van der Waals surface area contributed by atoms with Crippen molar-refractivity contribution in [2.75, 3.05) is 41.2 Å². The van der Waals surface area contributed by atoms with Gasteiger partial charge >= 0.3 is 0 Å². The van der Waals surface area contributed by atoms with Crippen LogP contribution < -0.4 is 35.1 Å². The van der Waals surface area contributed by atoms with Crippen molar-refractivity contribution in [3.05, 3.63) is 47.5 Å². The number of thiocarbonyl (C=S) groups is 1. The highest BCUT2D eigenvalue weighted by Crippen LogP contribution is 2.38. The van der Waals surface area contributed by atoms with Gasteiger partial charge in [0.15, 0.2) is 16.6 Å². The van der Waals surface area contributed by atoms with E-state index in [1.165, 1.54) is 33.5 Å². The predicted octanol–water partition coefficient (Wildman–Crippen LogP) is 2.08. The maximum Gasteiger partial charge on any atom is 0.269 e. The maximum atomic E-state index is 12.5. The predicted molar refractivity (Wildman–Crippen MR) is 125 cm³/mol. The molecule has 0 aromatic heterocycles. The summed E-state index contributed by atoms with van der Waals surface area (Å²) in [7, 11) is 4.35. The van der Waals surface area contributed by atoms with Gasteiger partial charge in [-0.1, -0.05) is 6.07 Å². The Kier molecular flexibility index (Phi) is 10.2. The fourth-order valence-corrected chi connectivity index (χ4v) is 2.84. The molecule has 0 heterocycles. The fourth-order valence-electron chi connectivity index (χ4n) is 2.69. The minimum absolute atomic E-state index is 0.0940. The number of amides is 2. The average Bonchev–Trinajstić information content (AvgIpc) is 2.84. The minimum atomic E-state index is -0.532. The molecule has 0 fully saturated rings. The highest BCUT2D eigenvalue weighted by molar-refractivity contribution is 7.80. The molecule has 11 heteroatoms. The van der Waals surface area contributed by atoms with E-state index >= 15 is 0 Å². The molecule has 2 aromatic rings. The standard InChI is InChI=1S/C22H27N3O7S/c1-5-31-9-10-32-16-8-6-7-14(11-16)20(26)23-22(33)25-24-21(27)15-12-17(28-2)19(30-4)18(13-15)29-3/h6-8,11-13H,5,9-10H2,1-4H3,(H,24,27)(H2,23,25,26,33). The van der Waals surface area contributed by atoms with Gasteiger partial charge < -0.3 is 23.7 Å². The lowest BCUT2D eigenvalue weighted by Crippen LogP contribution is -2.48. The monoisotopic (exact) mass is 477 g/mol. The van der Waals surface area contributed by atoms with Crippen LogP contribution >= 0.6 is 12.2 Å². The van der Waals surface area contributed by atoms with E-state index in [9.17, 15) is 9.59 Å². The first-order valence-corrected chi connectivity index (χ1v) is 10.4. The van der Waals surface area contributed by atoms with Crippen LogP contribution in [0.25, 0.3) is 0 Å². The van der Waals surface area contributed by atoms with Gasteiger partial charge in [-0.25, -0.2) is 0 Å². The number of hydrogen-bond acceptors (Lipinski definition) is 8. The van der Waals surface area contributed by atoms with Gasteiger partial charge in [-0.05, 0) is 49.5 Å². The van der Waals surface area contributed by atoms with Crippen molar-refractivity contribution < 1.29 is 33.3 Å². The zero-order valence-corrected chi connectivity index (χ0v) is 19.7. The van der Waals surface area contributed by atoms with Crippen LogP contribution in [0.4, 0.5) is 0 Å². The number of nitrogens with one attached hydrogen (secondary N) is 3. The number of rotatable bonds is 10. The van der Waals surface area contributed by atoms with Gasteiger partial charge in [0.25, 0.3) is 11.8 Å². The number of carbonyl (C=O) groups is 2. The Bertz CT molecular complexity index is 959. The molecule has 0 saturated heterocycles. The lowest BCUT2D eigenvalue weighted by Gasteiger charge is -2.15. The molecule has 2 amide bonds. The normalized spacial score (nSPS) is 10.1. The van der Waals surface area contributed by atoms with Gasteiger partial charge in [0.05, 0.1) is 27.9 Å². The van der Waals surface area contributed by atoms with E-state index in [-0.39, 0.29) is 10.7 Å². The summed E-state index contributed by atoms with van der Waals surface area (Å²) in [5, 5.41) is 2.39. The zero-order chi connectivity index (χ0) is 24.2. The Morgan fingerprint density at radius 3 is 2.18 bits per heavy atom. The van der Waals surface area contributed by atoms with Gasteiger partial charge in [0, 0.05) is 17.7 Å². The van der Waals surface area contributed by atoms with E-state index in [2.05, 4.69) is 16.2 Å². The Hall–Kier alpha value is -3.57. The van der Waals surface area contributed by atoms with E-state index in [4.69, 9.17) is 35.9 Å². The molecule has 0 spiro atoms. The first-order valence-electron chi connectivity index (χ1n) is 9.95. The molecule has 0 aliphatic rings. The van der Waals surface area contributed by atoms with Crippen molar-refractivity contribution in [2.45, 2.75) is 6.92 Å². The molecule has 0 aliphatic carbocycles. The molecule has 178 valence electrons. The van der Waals surface area contributed by atoms with Crippen molar-refractivity contribution in [2.24, 2.45) is 0 Å². The van der Waals surface area contributed by atoms with Gasteiger partial charge in [-0.2, -0.15) is 0 Å². The Labute approximate surface area is 197 Å². The Balaban J connectivity index is 1.93. The summed E-state index contributed by atoms with van der Waals surface area (Å²) in [5.41, 5.74) is 5.46. The largest absolute Gasteiger partial charge is 0.493 e. The molecular formula is C22H27N3O7S. The van der Waals surface area contributed by atoms with E-state index in [1.807, 2.05) is 6.92 Å². The van der Waals surface area contributed by atoms with Crippen LogP contribution in [0.1, 0.15) is 27.6 Å². The second-order valence-electron chi connectivity index (χ2n) is 6.35. The summed E-state index contributed by atoms with van der Waals surface area (Å²) in [6.45, 7) is 3.32. The Morgan fingerprint density at radius 2 is 1.58 bits per heavy atom. The molecule has 0 aliphatic heterocycles. The second-order valence-corrected chi connectivity index (χ2v) is 6.76. The molecule has 0 bridgehead atoms. The third-order valence-corrected chi connectivity index (χ3v) is 4.44. The van der Waals surface area contributed by atoms with Crippen LogP contribution in [-0.2, 0) is 4.74 Å². The van der Waals surface area contributed by atoms with E-state index < -0.39 is 11.8 Å². The van der Waals surface area contributed by atoms with Gasteiger partial charge in [0.1, 0.15) is 12.4 Å². The summed E-state index contributed by atoms with van der Waals surface area (Å²) < 4.78 is 26.5. The number of carbonyl (C=O) groups excluding carboxylic acids is 2. The quantitative estimate of drug-likeness (QED) is 0.269. The van der Waals surface area contributed by atoms with Crippen molar-refractivity contribution in [1.29, 1.82) is 0 Å². The number of benzene rings is 2. The molecule has 0 atom stereocenters. The molecule has 10 nitrogen and oxygen atoms in total. The fraction of sp³-hybridized carbons (Fsp3) is 0.318. The van der Waals surface area contributed by atoms with Crippen LogP contribution in [0.5, 0.6) is 23.0 Å². The molecule has 2 aromatic carbocycles. The van der Waals surface area contributed by atoms with Crippen LogP contribution in [0.15, 0.2) is 36.4 Å². The van der Waals surface area contributed by atoms with Crippen molar-refractivity contribution in [1.82, 2.24) is 16.2 Å². The van der Waals surface area contributed by atoms with Crippen LogP contribution in [0.3, 0.4) is 0 Å². The summed E-state index contributed by atoms with van der Waals surface area (Å²) in [5.74, 6) is 0.524. The molecule has 2 rings (SSSR count). The number of methoxy groups -OCH3 is 3. The van der Waals surface area contributed by atoms with E-state index in [0.29, 0.717) is 48.4 Å². The number of hydrazine groups is 1. The topological polar surface area (TPSA) is 116 Å². The molecule has 0 unspecified atom stereocenters. The van der Waals surface area contributed by atoms with Crippen molar-refractivity contribution >= 4 is 29.1 Å². The van der Waals surface area contributed by atoms with Crippen LogP contribution in [-0.4, -0.2) is 58.1 Å². The highest BCUT2D eigenvalue weighted by atomic mass is 32.1. The van der Waals surface area contributed by atoms with Crippen molar-refractivity contribution in [3.63, 3.8) is 0 Å². The molecule has 0 radical (unpaired) electrons. The molecular weight excluding hydrogens is 450 g/mol. The number of ether oxygens (including phenoxy) is 5.